The summed E-state index contributed by atoms with van der Waals surface area (Å²) in [6, 6.07) is 12.0. The standard InChI is InChI=1S/C20H18N2O5/c1-3-26-19(24)14-8-6-5-7-13(14)12-9-10-16-15(11-12)18(23)17(22-21-16)20(25)27-4-2/h5-11H,3-4H2,1-2H3,(H,21,23). The van der Waals surface area contributed by atoms with Gasteiger partial charge in [0, 0.05) is 0 Å². The van der Waals surface area contributed by atoms with Gasteiger partial charge in [0.05, 0.1) is 29.7 Å². The molecular weight excluding hydrogens is 348 g/mol. The highest BCUT2D eigenvalue weighted by Gasteiger charge is 2.18. The zero-order valence-corrected chi connectivity index (χ0v) is 14.9. The van der Waals surface area contributed by atoms with Crippen molar-refractivity contribution >= 4 is 22.8 Å². The van der Waals surface area contributed by atoms with Gasteiger partial charge in [-0.05, 0) is 43.2 Å². The van der Waals surface area contributed by atoms with E-state index in [1.807, 2.05) is 0 Å². The van der Waals surface area contributed by atoms with Gasteiger partial charge in [0.2, 0.25) is 11.1 Å². The molecule has 0 atom stereocenters. The fraction of sp³-hybridized carbons (Fsp3) is 0.200. The number of carbonyl (C=O) groups excluding carboxylic acids is 2. The number of ether oxygens (including phenoxy) is 2. The summed E-state index contributed by atoms with van der Waals surface area (Å²) in [7, 11) is 0. The first-order valence-electron chi connectivity index (χ1n) is 8.52. The van der Waals surface area contributed by atoms with Gasteiger partial charge >= 0.3 is 11.9 Å². The molecule has 2 aromatic carbocycles. The van der Waals surface area contributed by atoms with Crippen LogP contribution in [0.25, 0.3) is 22.0 Å². The van der Waals surface area contributed by atoms with Gasteiger partial charge in [-0.2, -0.15) is 5.10 Å². The molecule has 0 radical (unpaired) electrons. The largest absolute Gasteiger partial charge is 0.462 e. The van der Waals surface area contributed by atoms with Crippen LogP contribution in [0.1, 0.15) is 34.7 Å². The molecule has 1 N–H and O–H groups in total. The third-order valence-electron chi connectivity index (χ3n) is 3.97. The van der Waals surface area contributed by atoms with E-state index >= 15 is 0 Å². The lowest BCUT2D eigenvalue weighted by atomic mass is 9.98. The van der Waals surface area contributed by atoms with Crippen LogP contribution < -0.4 is 5.43 Å². The van der Waals surface area contributed by atoms with E-state index < -0.39 is 17.4 Å². The zero-order valence-electron chi connectivity index (χ0n) is 14.9. The SMILES string of the molecule is CCOC(=O)c1ccccc1-c1ccc2[nH]nc(C(=O)OCC)c(=O)c2c1. The maximum Gasteiger partial charge on any atom is 0.362 e. The first-order chi connectivity index (χ1) is 13.1. The molecule has 0 amide bonds. The highest BCUT2D eigenvalue weighted by atomic mass is 16.5. The van der Waals surface area contributed by atoms with Gasteiger partial charge in [0.25, 0.3) is 0 Å². The van der Waals surface area contributed by atoms with Crippen molar-refractivity contribution in [2.24, 2.45) is 0 Å². The van der Waals surface area contributed by atoms with Crippen molar-refractivity contribution in [3.05, 3.63) is 63.9 Å². The quantitative estimate of drug-likeness (QED) is 0.697. The van der Waals surface area contributed by atoms with Crippen molar-refractivity contribution in [3.8, 4) is 11.1 Å². The van der Waals surface area contributed by atoms with Crippen LogP contribution in [-0.4, -0.2) is 35.3 Å². The number of benzene rings is 2. The van der Waals surface area contributed by atoms with Gasteiger partial charge in [-0.25, -0.2) is 9.59 Å². The monoisotopic (exact) mass is 366 g/mol. The number of fused-ring (bicyclic) bond motifs is 1. The van der Waals surface area contributed by atoms with E-state index in [9.17, 15) is 14.4 Å². The van der Waals surface area contributed by atoms with Crippen LogP contribution in [0.3, 0.4) is 0 Å². The van der Waals surface area contributed by atoms with E-state index in [0.717, 1.165) is 0 Å². The van der Waals surface area contributed by atoms with E-state index in [1.54, 1.807) is 56.3 Å². The molecule has 0 aliphatic rings. The average molecular weight is 366 g/mol. The van der Waals surface area contributed by atoms with E-state index in [0.29, 0.717) is 22.2 Å². The zero-order chi connectivity index (χ0) is 19.4. The number of nitrogens with zero attached hydrogens (tertiary/aromatic N) is 1. The lowest BCUT2D eigenvalue weighted by molar-refractivity contribution is 0.0511. The Balaban J connectivity index is 2.15. The molecule has 0 aliphatic heterocycles. The fourth-order valence-corrected chi connectivity index (χ4v) is 2.75. The minimum Gasteiger partial charge on any atom is -0.462 e. The van der Waals surface area contributed by atoms with Gasteiger partial charge in [-0.1, -0.05) is 24.3 Å². The average Bonchev–Trinajstić information content (AvgIpc) is 2.68. The highest BCUT2D eigenvalue weighted by molar-refractivity contribution is 5.99. The second-order valence-corrected chi connectivity index (χ2v) is 5.65. The second-order valence-electron chi connectivity index (χ2n) is 5.65. The number of rotatable bonds is 5. The normalized spacial score (nSPS) is 10.6. The van der Waals surface area contributed by atoms with Gasteiger partial charge in [-0.15, -0.1) is 0 Å². The molecule has 0 unspecified atom stereocenters. The van der Waals surface area contributed by atoms with Crippen molar-refractivity contribution in [1.29, 1.82) is 0 Å². The minimum absolute atomic E-state index is 0.144. The van der Waals surface area contributed by atoms with Crippen molar-refractivity contribution in [3.63, 3.8) is 0 Å². The maximum atomic E-state index is 12.7. The Bertz CT molecular complexity index is 1070. The summed E-state index contributed by atoms with van der Waals surface area (Å²) < 4.78 is 9.97. The summed E-state index contributed by atoms with van der Waals surface area (Å²) in [5.74, 6) is -1.22. The number of H-pyrrole nitrogens is 1. The number of hydrogen-bond acceptors (Lipinski definition) is 6. The molecule has 3 rings (SSSR count). The predicted molar refractivity (Wildman–Crippen MR) is 99.7 cm³/mol. The molecular formula is C20H18N2O5. The van der Waals surface area contributed by atoms with Crippen molar-refractivity contribution in [2.75, 3.05) is 13.2 Å². The van der Waals surface area contributed by atoms with Gasteiger partial charge in [0.1, 0.15) is 0 Å². The Hall–Kier alpha value is -3.48. The summed E-state index contributed by atoms with van der Waals surface area (Å²) in [5, 5.41) is 6.79. The van der Waals surface area contributed by atoms with Gasteiger partial charge < -0.3 is 9.47 Å². The lowest BCUT2D eigenvalue weighted by Crippen LogP contribution is -2.21. The Labute approximate surface area is 154 Å². The van der Waals surface area contributed by atoms with E-state index in [4.69, 9.17) is 9.47 Å². The van der Waals surface area contributed by atoms with Crippen LogP contribution in [0.4, 0.5) is 0 Å². The van der Waals surface area contributed by atoms with Crippen LogP contribution in [0.2, 0.25) is 0 Å². The molecule has 138 valence electrons. The second kappa shape index (κ2) is 7.82. The highest BCUT2D eigenvalue weighted by Crippen LogP contribution is 2.26. The summed E-state index contributed by atoms with van der Waals surface area (Å²) in [6.45, 7) is 3.79. The Morgan fingerprint density at radius 3 is 2.44 bits per heavy atom. The van der Waals surface area contributed by atoms with Gasteiger partial charge in [0.15, 0.2) is 0 Å². The Morgan fingerprint density at radius 2 is 1.70 bits per heavy atom. The predicted octanol–water partition coefficient (Wildman–Crippen LogP) is 2.94. The first kappa shape index (κ1) is 18.3. The number of aromatic amines is 1. The van der Waals surface area contributed by atoms with Crippen LogP contribution in [0.5, 0.6) is 0 Å². The van der Waals surface area contributed by atoms with Crippen molar-refractivity contribution in [2.45, 2.75) is 13.8 Å². The molecule has 0 saturated carbocycles. The summed E-state index contributed by atoms with van der Waals surface area (Å²) in [6.07, 6.45) is 0. The number of hydrogen-bond donors (Lipinski definition) is 1. The van der Waals surface area contributed by atoms with Gasteiger partial charge in [-0.3, -0.25) is 9.89 Å². The van der Waals surface area contributed by atoms with Crippen LogP contribution in [-0.2, 0) is 9.47 Å². The fourth-order valence-electron chi connectivity index (χ4n) is 2.75. The van der Waals surface area contributed by atoms with Crippen LogP contribution in [0.15, 0.2) is 47.3 Å². The minimum atomic E-state index is -0.780. The molecule has 0 saturated heterocycles. The smallest absolute Gasteiger partial charge is 0.362 e. The topological polar surface area (TPSA) is 98.4 Å². The van der Waals surface area contributed by atoms with Crippen LogP contribution >= 0.6 is 0 Å². The first-order valence-corrected chi connectivity index (χ1v) is 8.52. The molecule has 0 aliphatic carbocycles. The van der Waals surface area contributed by atoms with E-state index in [2.05, 4.69) is 10.2 Å². The van der Waals surface area contributed by atoms with Crippen molar-refractivity contribution < 1.29 is 19.1 Å². The molecule has 7 nitrogen and oxygen atoms in total. The molecule has 27 heavy (non-hydrogen) atoms. The van der Waals surface area contributed by atoms with Crippen molar-refractivity contribution in [1.82, 2.24) is 10.2 Å². The summed E-state index contributed by atoms with van der Waals surface area (Å²) in [5.41, 5.74) is 1.32. The van der Waals surface area contributed by atoms with E-state index in [-0.39, 0.29) is 24.3 Å². The summed E-state index contributed by atoms with van der Waals surface area (Å²) >= 11 is 0. The molecule has 0 bridgehead atoms. The Kier molecular flexibility index (Phi) is 5.30. The van der Waals surface area contributed by atoms with Crippen LogP contribution in [0, 0.1) is 0 Å². The molecule has 1 heterocycles. The molecule has 0 spiro atoms. The number of esters is 2. The Morgan fingerprint density at radius 1 is 1.00 bits per heavy atom. The lowest BCUT2D eigenvalue weighted by Gasteiger charge is -2.10. The van der Waals surface area contributed by atoms with E-state index in [1.165, 1.54) is 0 Å². The molecule has 3 aromatic rings. The third-order valence-corrected chi connectivity index (χ3v) is 3.97. The number of carbonyl (C=O) groups is 2. The third kappa shape index (κ3) is 3.57. The summed E-state index contributed by atoms with van der Waals surface area (Å²) in [4.78, 5) is 36.8. The maximum absolute atomic E-state index is 12.7. The molecule has 7 heteroatoms. The number of aromatic nitrogens is 2. The molecule has 1 aromatic heterocycles. The number of nitrogens with one attached hydrogen (secondary N) is 1. The molecule has 0 fully saturated rings.